The molecule has 2 rings (SSSR count). The van der Waals surface area contributed by atoms with Crippen LogP contribution in [0.25, 0.3) is 0 Å². The Labute approximate surface area is 146 Å². The monoisotopic (exact) mass is 345 g/mol. The van der Waals surface area contributed by atoms with Gasteiger partial charge in [0, 0.05) is 49.5 Å². The highest BCUT2D eigenvalue weighted by atomic mass is 35.5. The number of carbonyl (C=O) groups excluding carboxylic acids is 2. The van der Waals surface area contributed by atoms with Gasteiger partial charge in [0.25, 0.3) is 0 Å². The van der Waals surface area contributed by atoms with Crippen molar-refractivity contribution in [2.75, 3.05) is 11.9 Å². The summed E-state index contributed by atoms with van der Waals surface area (Å²) in [4.78, 5) is 29.6. The Bertz CT molecular complexity index is 719. The number of rotatable bonds is 6. The minimum Gasteiger partial charge on any atom is -0.338 e. The van der Waals surface area contributed by atoms with E-state index in [2.05, 4.69) is 10.3 Å². The Morgan fingerprint density at radius 3 is 2.75 bits per heavy atom. The number of hydrogen-bond donors (Lipinski definition) is 1. The molecule has 0 bridgehead atoms. The third kappa shape index (κ3) is 5.35. The Kier molecular flexibility index (Phi) is 6.32. The summed E-state index contributed by atoms with van der Waals surface area (Å²) in [5.74, 6) is -0.233. The molecule has 1 N–H and O–H groups in total. The highest BCUT2D eigenvalue weighted by Crippen LogP contribution is 2.20. The average molecular weight is 346 g/mol. The highest BCUT2D eigenvalue weighted by molar-refractivity contribution is 6.31. The fourth-order valence-corrected chi connectivity index (χ4v) is 2.41. The molecule has 0 saturated carbocycles. The molecule has 0 spiro atoms. The molecule has 2 aromatic rings. The Morgan fingerprint density at radius 1 is 1.29 bits per heavy atom. The summed E-state index contributed by atoms with van der Waals surface area (Å²) in [6, 6.07) is 9.06. The maximum Gasteiger partial charge on any atom is 0.226 e. The van der Waals surface area contributed by atoms with Crippen molar-refractivity contribution in [2.45, 2.75) is 26.8 Å². The van der Waals surface area contributed by atoms with Gasteiger partial charge in [-0.1, -0.05) is 23.7 Å². The summed E-state index contributed by atoms with van der Waals surface area (Å²) in [5.41, 5.74) is 2.56. The van der Waals surface area contributed by atoms with Crippen molar-refractivity contribution in [3.63, 3.8) is 0 Å². The lowest BCUT2D eigenvalue weighted by Crippen LogP contribution is -2.31. The maximum atomic E-state index is 12.2. The van der Waals surface area contributed by atoms with E-state index in [0.29, 0.717) is 23.8 Å². The molecule has 1 aromatic carbocycles. The summed E-state index contributed by atoms with van der Waals surface area (Å²) >= 11 is 5.95. The topological polar surface area (TPSA) is 62.3 Å². The van der Waals surface area contributed by atoms with E-state index in [-0.39, 0.29) is 18.2 Å². The quantitative estimate of drug-likeness (QED) is 0.872. The van der Waals surface area contributed by atoms with Crippen LogP contribution in [-0.2, 0) is 16.1 Å². The van der Waals surface area contributed by atoms with Gasteiger partial charge in [0.05, 0.1) is 0 Å². The van der Waals surface area contributed by atoms with Crippen molar-refractivity contribution < 1.29 is 9.59 Å². The van der Waals surface area contributed by atoms with Crippen LogP contribution in [0.4, 0.5) is 5.69 Å². The average Bonchev–Trinajstić information content (AvgIpc) is 2.55. The minimum absolute atomic E-state index is 0.0782. The summed E-state index contributed by atoms with van der Waals surface area (Å²) < 4.78 is 0. The second-order valence-corrected chi connectivity index (χ2v) is 6.00. The zero-order valence-electron chi connectivity index (χ0n) is 13.8. The minimum atomic E-state index is -0.155. The van der Waals surface area contributed by atoms with Gasteiger partial charge in [-0.15, -0.1) is 0 Å². The standard InChI is InChI=1S/C18H20ClN3O2/c1-13-5-6-16(19)10-17(13)21-18(24)7-9-22(14(2)23)12-15-4-3-8-20-11-15/h3-6,8,10-11H,7,9,12H2,1-2H3,(H,21,24). The molecule has 0 aliphatic heterocycles. The largest absolute Gasteiger partial charge is 0.338 e. The Balaban J connectivity index is 1.92. The van der Waals surface area contributed by atoms with Crippen molar-refractivity contribution in [1.29, 1.82) is 0 Å². The predicted octanol–water partition coefficient (Wildman–Crippen LogP) is 3.42. The number of hydrogen-bond acceptors (Lipinski definition) is 3. The number of pyridine rings is 1. The van der Waals surface area contributed by atoms with Gasteiger partial charge < -0.3 is 10.2 Å². The van der Waals surface area contributed by atoms with Gasteiger partial charge >= 0.3 is 0 Å². The molecule has 0 aliphatic rings. The summed E-state index contributed by atoms with van der Waals surface area (Å²) in [6.07, 6.45) is 3.61. The number of aryl methyl sites for hydroxylation is 1. The molecule has 6 heteroatoms. The van der Waals surface area contributed by atoms with E-state index >= 15 is 0 Å². The van der Waals surface area contributed by atoms with E-state index in [1.54, 1.807) is 29.4 Å². The van der Waals surface area contributed by atoms with E-state index in [0.717, 1.165) is 11.1 Å². The van der Waals surface area contributed by atoms with Gasteiger partial charge in [0.15, 0.2) is 0 Å². The third-order valence-electron chi connectivity index (χ3n) is 3.62. The molecule has 0 aliphatic carbocycles. The van der Waals surface area contributed by atoms with Crippen LogP contribution in [0, 0.1) is 6.92 Å². The molecule has 0 atom stereocenters. The van der Waals surface area contributed by atoms with Crippen LogP contribution in [0.15, 0.2) is 42.7 Å². The fourth-order valence-electron chi connectivity index (χ4n) is 2.24. The number of benzene rings is 1. The second-order valence-electron chi connectivity index (χ2n) is 5.56. The number of halogens is 1. The number of amides is 2. The first-order valence-electron chi connectivity index (χ1n) is 7.66. The lowest BCUT2D eigenvalue weighted by atomic mass is 10.2. The SMILES string of the molecule is CC(=O)N(CCC(=O)Nc1cc(Cl)ccc1C)Cc1cccnc1. The number of nitrogens with one attached hydrogen (secondary N) is 1. The fraction of sp³-hybridized carbons (Fsp3) is 0.278. The van der Waals surface area contributed by atoms with Crippen LogP contribution in [0.1, 0.15) is 24.5 Å². The van der Waals surface area contributed by atoms with Crippen molar-refractivity contribution >= 4 is 29.1 Å². The molecule has 1 heterocycles. The number of carbonyl (C=O) groups is 2. The zero-order valence-corrected chi connectivity index (χ0v) is 14.5. The Morgan fingerprint density at radius 2 is 2.08 bits per heavy atom. The van der Waals surface area contributed by atoms with Crippen LogP contribution in [0.5, 0.6) is 0 Å². The van der Waals surface area contributed by atoms with Gasteiger partial charge in [-0.25, -0.2) is 0 Å². The smallest absolute Gasteiger partial charge is 0.226 e. The molecular weight excluding hydrogens is 326 g/mol. The van der Waals surface area contributed by atoms with Gasteiger partial charge in [-0.2, -0.15) is 0 Å². The third-order valence-corrected chi connectivity index (χ3v) is 3.86. The highest BCUT2D eigenvalue weighted by Gasteiger charge is 2.13. The Hall–Kier alpha value is -2.40. The van der Waals surface area contributed by atoms with Crippen LogP contribution < -0.4 is 5.32 Å². The van der Waals surface area contributed by atoms with E-state index in [9.17, 15) is 9.59 Å². The first kappa shape index (κ1) is 17.9. The molecule has 126 valence electrons. The normalized spacial score (nSPS) is 10.3. The molecule has 1 aromatic heterocycles. The maximum absolute atomic E-state index is 12.2. The van der Waals surface area contributed by atoms with E-state index in [1.165, 1.54) is 6.92 Å². The molecule has 24 heavy (non-hydrogen) atoms. The van der Waals surface area contributed by atoms with Crippen molar-refractivity contribution in [2.24, 2.45) is 0 Å². The van der Waals surface area contributed by atoms with Crippen molar-refractivity contribution in [3.8, 4) is 0 Å². The predicted molar refractivity (Wildman–Crippen MR) is 94.8 cm³/mol. The van der Waals surface area contributed by atoms with E-state index in [1.807, 2.05) is 25.1 Å². The van der Waals surface area contributed by atoms with Crippen molar-refractivity contribution in [1.82, 2.24) is 9.88 Å². The van der Waals surface area contributed by atoms with Gasteiger partial charge in [0.1, 0.15) is 0 Å². The first-order chi connectivity index (χ1) is 11.5. The number of nitrogens with zero attached hydrogens (tertiary/aromatic N) is 2. The van der Waals surface area contributed by atoms with Crippen LogP contribution in [0.2, 0.25) is 5.02 Å². The summed E-state index contributed by atoms with van der Waals surface area (Å²) in [7, 11) is 0. The first-order valence-corrected chi connectivity index (χ1v) is 8.04. The number of aromatic nitrogens is 1. The molecular formula is C18H20ClN3O2. The van der Waals surface area contributed by atoms with Crippen LogP contribution >= 0.6 is 11.6 Å². The summed E-state index contributed by atoms with van der Waals surface area (Å²) in [6.45, 7) is 4.17. The van der Waals surface area contributed by atoms with Crippen LogP contribution in [-0.4, -0.2) is 28.2 Å². The number of anilines is 1. The zero-order chi connectivity index (χ0) is 17.5. The van der Waals surface area contributed by atoms with Gasteiger partial charge in [-0.05, 0) is 36.2 Å². The van der Waals surface area contributed by atoms with E-state index in [4.69, 9.17) is 11.6 Å². The summed E-state index contributed by atoms with van der Waals surface area (Å²) in [5, 5.41) is 3.40. The molecule has 0 fully saturated rings. The molecule has 0 saturated heterocycles. The van der Waals surface area contributed by atoms with Gasteiger partial charge in [0.2, 0.25) is 11.8 Å². The lowest BCUT2D eigenvalue weighted by Gasteiger charge is -2.21. The lowest BCUT2D eigenvalue weighted by molar-refractivity contribution is -0.129. The molecule has 0 unspecified atom stereocenters. The van der Waals surface area contributed by atoms with Crippen molar-refractivity contribution in [3.05, 3.63) is 58.9 Å². The second kappa shape index (κ2) is 8.45. The van der Waals surface area contributed by atoms with E-state index < -0.39 is 0 Å². The molecule has 0 radical (unpaired) electrons. The van der Waals surface area contributed by atoms with Crippen LogP contribution in [0.3, 0.4) is 0 Å². The molecule has 5 nitrogen and oxygen atoms in total. The molecule has 2 amide bonds. The van der Waals surface area contributed by atoms with Gasteiger partial charge in [-0.3, -0.25) is 14.6 Å².